The van der Waals surface area contributed by atoms with Crippen molar-refractivity contribution in [3.63, 3.8) is 0 Å². The standard InChI is InChI=1S/C13H29NOS/c1-11(2)15-9-7-8-14-12(3)10-16-13(4,5)6/h11-12,14H,7-10H2,1-6H3. The second kappa shape index (κ2) is 8.37. The Morgan fingerprint density at radius 2 is 1.81 bits per heavy atom. The van der Waals surface area contributed by atoms with Crippen LogP contribution in [0.15, 0.2) is 0 Å². The van der Waals surface area contributed by atoms with Crippen molar-refractivity contribution in [3.05, 3.63) is 0 Å². The third-order valence-corrected chi connectivity index (χ3v) is 3.56. The monoisotopic (exact) mass is 247 g/mol. The van der Waals surface area contributed by atoms with Gasteiger partial charge >= 0.3 is 0 Å². The maximum Gasteiger partial charge on any atom is 0.0518 e. The molecule has 0 rings (SSSR count). The third kappa shape index (κ3) is 12.3. The predicted octanol–water partition coefficient (Wildman–Crippen LogP) is 3.31. The molecule has 0 aromatic rings. The van der Waals surface area contributed by atoms with Crippen LogP contribution in [0.3, 0.4) is 0 Å². The smallest absolute Gasteiger partial charge is 0.0518 e. The number of nitrogens with one attached hydrogen (secondary N) is 1. The second-order valence-corrected chi connectivity index (χ2v) is 7.40. The summed E-state index contributed by atoms with van der Waals surface area (Å²) in [6.45, 7) is 15.1. The van der Waals surface area contributed by atoms with Gasteiger partial charge in [0.25, 0.3) is 0 Å². The van der Waals surface area contributed by atoms with Gasteiger partial charge < -0.3 is 10.1 Å². The number of hydrogen-bond donors (Lipinski definition) is 1. The summed E-state index contributed by atoms with van der Waals surface area (Å²) in [6, 6.07) is 0.586. The molecule has 1 N–H and O–H groups in total. The molecule has 0 amide bonds. The zero-order valence-electron chi connectivity index (χ0n) is 11.8. The second-order valence-electron chi connectivity index (χ2n) is 5.55. The molecule has 0 fully saturated rings. The molecule has 0 aliphatic rings. The van der Waals surface area contributed by atoms with E-state index in [0.29, 0.717) is 16.9 Å². The van der Waals surface area contributed by atoms with Crippen molar-refractivity contribution in [2.24, 2.45) is 0 Å². The summed E-state index contributed by atoms with van der Waals surface area (Å²) in [5, 5.41) is 3.53. The first-order valence-electron chi connectivity index (χ1n) is 6.30. The van der Waals surface area contributed by atoms with Gasteiger partial charge in [0.2, 0.25) is 0 Å². The summed E-state index contributed by atoms with van der Waals surface area (Å²) < 4.78 is 5.86. The van der Waals surface area contributed by atoms with Crippen molar-refractivity contribution >= 4 is 11.8 Å². The van der Waals surface area contributed by atoms with Gasteiger partial charge in [0, 0.05) is 23.1 Å². The molecule has 0 spiro atoms. The Bertz CT molecular complexity index is 166. The molecule has 98 valence electrons. The van der Waals surface area contributed by atoms with E-state index in [1.165, 1.54) is 5.75 Å². The minimum Gasteiger partial charge on any atom is -0.379 e. The fraction of sp³-hybridized carbons (Fsp3) is 1.00. The van der Waals surface area contributed by atoms with E-state index in [9.17, 15) is 0 Å². The third-order valence-electron chi connectivity index (χ3n) is 2.03. The van der Waals surface area contributed by atoms with E-state index in [-0.39, 0.29) is 0 Å². The lowest BCUT2D eigenvalue weighted by Crippen LogP contribution is -2.31. The van der Waals surface area contributed by atoms with Crippen molar-refractivity contribution < 1.29 is 4.74 Å². The first-order chi connectivity index (χ1) is 7.31. The Morgan fingerprint density at radius 1 is 1.19 bits per heavy atom. The van der Waals surface area contributed by atoms with Crippen molar-refractivity contribution in [2.45, 2.75) is 64.9 Å². The molecule has 1 unspecified atom stereocenters. The highest BCUT2D eigenvalue weighted by atomic mass is 32.2. The summed E-state index contributed by atoms with van der Waals surface area (Å²) in [5.41, 5.74) is 0. The number of thioether (sulfide) groups is 1. The maximum absolute atomic E-state index is 5.49. The Hall–Kier alpha value is 0.270. The van der Waals surface area contributed by atoms with Gasteiger partial charge in [0.15, 0.2) is 0 Å². The highest BCUT2D eigenvalue weighted by Crippen LogP contribution is 2.23. The SMILES string of the molecule is CC(CSC(C)(C)C)NCCCOC(C)C. The maximum atomic E-state index is 5.49. The normalized spacial score (nSPS) is 14.4. The summed E-state index contributed by atoms with van der Waals surface area (Å²) in [5.74, 6) is 1.18. The largest absolute Gasteiger partial charge is 0.379 e. The molecular weight excluding hydrogens is 218 g/mol. The van der Waals surface area contributed by atoms with Gasteiger partial charge in [0.05, 0.1) is 6.10 Å². The van der Waals surface area contributed by atoms with Gasteiger partial charge in [-0.05, 0) is 33.7 Å². The molecule has 3 heteroatoms. The zero-order valence-corrected chi connectivity index (χ0v) is 12.6. The van der Waals surface area contributed by atoms with Gasteiger partial charge in [0.1, 0.15) is 0 Å². The van der Waals surface area contributed by atoms with Crippen LogP contribution in [-0.4, -0.2) is 35.8 Å². The van der Waals surface area contributed by atoms with E-state index < -0.39 is 0 Å². The molecule has 0 aliphatic heterocycles. The van der Waals surface area contributed by atoms with Crippen LogP contribution >= 0.6 is 11.8 Å². The Balaban J connectivity index is 3.34. The molecular formula is C13H29NOS. The molecule has 0 heterocycles. The van der Waals surface area contributed by atoms with Crippen LogP contribution in [0.2, 0.25) is 0 Å². The van der Waals surface area contributed by atoms with E-state index in [4.69, 9.17) is 4.74 Å². The van der Waals surface area contributed by atoms with Crippen LogP contribution < -0.4 is 5.32 Å². The number of hydrogen-bond acceptors (Lipinski definition) is 3. The predicted molar refractivity (Wildman–Crippen MR) is 75.4 cm³/mol. The lowest BCUT2D eigenvalue weighted by molar-refractivity contribution is 0.0769. The van der Waals surface area contributed by atoms with Crippen molar-refractivity contribution in [3.8, 4) is 0 Å². The Kier molecular flexibility index (Phi) is 8.52. The molecule has 0 bridgehead atoms. The van der Waals surface area contributed by atoms with E-state index in [1.807, 2.05) is 11.8 Å². The lowest BCUT2D eigenvalue weighted by Gasteiger charge is -2.21. The quantitative estimate of drug-likeness (QED) is 0.665. The Labute approximate surface area is 106 Å². The topological polar surface area (TPSA) is 21.3 Å². The van der Waals surface area contributed by atoms with Crippen molar-refractivity contribution in [2.75, 3.05) is 18.9 Å². The average Bonchev–Trinajstić information content (AvgIpc) is 2.12. The van der Waals surface area contributed by atoms with Gasteiger partial charge in [-0.15, -0.1) is 0 Å². The lowest BCUT2D eigenvalue weighted by atomic mass is 10.3. The minimum absolute atomic E-state index is 0.355. The summed E-state index contributed by atoms with van der Waals surface area (Å²) in [7, 11) is 0. The molecule has 0 saturated heterocycles. The van der Waals surface area contributed by atoms with Crippen molar-refractivity contribution in [1.29, 1.82) is 0 Å². The number of rotatable bonds is 8. The Morgan fingerprint density at radius 3 is 2.31 bits per heavy atom. The minimum atomic E-state index is 0.355. The van der Waals surface area contributed by atoms with Crippen LogP contribution in [-0.2, 0) is 4.74 Å². The number of ether oxygens (including phenoxy) is 1. The molecule has 0 aromatic carbocycles. The fourth-order valence-corrected chi connectivity index (χ4v) is 2.04. The molecule has 1 atom stereocenters. The molecule has 0 aliphatic carbocycles. The van der Waals surface area contributed by atoms with Gasteiger partial charge in [-0.3, -0.25) is 0 Å². The summed E-state index contributed by atoms with van der Waals surface area (Å²) in [6.07, 6.45) is 1.46. The molecule has 0 saturated carbocycles. The van der Waals surface area contributed by atoms with Crippen LogP contribution in [0.25, 0.3) is 0 Å². The van der Waals surface area contributed by atoms with Crippen molar-refractivity contribution in [1.82, 2.24) is 5.32 Å². The van der Waals surface area contributed by atoms with Crippen LogP contribution in [0.4, 0.5) is 0 Å². The van der Waals surface area contributed by atoms with Gasteiger partial charge in [-0.2, -0.15) is 11.8 Å². The first kappa shape index (κ1) is 16.3. The van der Waals surface area contributed by atoms with Crippen LogP contribution in [0.5, 0.6) is 0 Å². The first-order valence-corrected chi connectivity index (χ1v) is 7.29. The average molecular weight is 247 g/mol. The highest BCUT2D eigenvalue weighted by Gasteiger charge is 2.12. The van der Waals surface area contributed by atoms with E-state index >= 15 is 0 Å². The summed E-state index contributed by atoms with van der Waals surface area (Å²) >= 11 is 2.02. The van der Waals surface area contributed by atoms with E-state index in [0.717, 1.165) is 19.6 Å². The zero-order chi connectivity index (χ0) is 12.6. The van der Waals surface area contributed by atoms with E-state index in [1.54, 1.807) is 0 Å². The molecule has 16 heavy (non-hydrogen) atoms. The van der Waals surface area contributed by atoms with Gasteiger partial charge in [-0.25, -0.2) is 0 Å². The van der Waals surface area contributed by atoms with Gasteiger partial charge in [-0.1, -0.05) is 20.8 Å². The molecule has 2 nitrogen and oxygen atoms in total. The van der Waals surface area contributed by atoms with Crippen LogP contribution in [0, 0.1) is 0 Å². The highest BCUT2D eigenvalue weighted by molar-refractivity contribution is 8.00. The molecule has 0 aromatic heterocycles. The summed E-state index contributed by atoms with van der Waals surface area (Å²) in [4.78, 5) is 0. The fourth-order valence-electron chi connectivity index (χ4n) is 1.17. The molecule has 0 radical (unpaired) electrons. The van der Waals surface area contributed by atoms with E-state index in [2.05, 4.69) is 46.9 Å². The van der Waals surface area contributed by atoms with Crippen LogP contribution in [0.1, 0.15) is 48.0 Å².